The first-order valence-electron chi connectivity index (χ1n) is 6.30. The number of methoxy groups -OCH3 is 1. The number of phenolic OH excluding ortho intramolecular Hbond substituents is 1. The lowest BCUT2D eigenvalue weighted by Crippen LogP contribution is -2.36. The number of nitrogens with zero attached hydrogens (tertiary/aromatic N) is 1. The number of carbonyl (C=O) groups excluding carboxylic acids is 1. The van der Waals surface area contributed by atoms with Crippen LogP contribution in [0.3, 0.4) is 0 Å². The molecule has 0 saturated heterocycles. The fourth-order valence-corrected chi connectivity index (χ4v) is 1.79. The van der Waals surface area contributed by atoms with Gasteiger partial charge in [0, 0.05) is 13.1 Å². The molecule has 0 aliphatic rings. The molecule has 6 nitrogen and oxygen atoms in total. The van der Waals surface area contributed by atoms with Gasteiger partial charge in [0.1, 0.15) is 0 Å². The third kappa shape index (κ3) is 3.40. The molecule has 0 aromatic heterocycles. The topological polar surface area (TPSA) is 87.1 Å². The van der Waals surface area contributed by atoms with Crippen LogP contribution in [0.1, 0.15) is 24.2 Å². The SMILES string of the molecule is CCN(CC(C)C(=O)O)C(=O)c1cccc(OC)c1O. The van der Waals surface area contributed by atoms with E-state index in [1.807, 2.05) is 0 Å². The molecule has 1 aromatic rings. The van der Waals surface area contributed by atoms with E-state index in [9.17, 15) is 14.7 Å². The number of rotatable bonds is 6. The number of hydrogen-bond donors (Lipinski definition) is 2. The van der Waals surface area contributed by atoms with Gasteiger partial charge in [0.15, 0.2) is 11.5 Å². The molecule has 0 saturated carbocycles. The van der Waals surface area contributed by atoms with Crippen molar-refractivity contribution in [3.63, 3.8) is 0 Å². The van der Waals surface area contributed by atoms with Crippen LogP contribution in [-0.4, -0.2) is 47.2 Å². The minimum Gasteiger partial charge on any atom is -0.504 e. The number of ether oxygens (including phenoxy) is 1. The molecule has 1 aromatic carbocycles. The number of aromatic hydroxyl groups is 1. The molecular formula is C14H19NO5. The van der Waals surface area contributed by atoms with Gasteiger partial charge in [0.25, 0.3) is 5.91 Å². The van der Waals surface area contributed by atoms with Gasteiger partial charge in [-0.25, -0.2) is 0 Å². The number of carboxylic acid groups (broad SMARTS) is 1. The van der Waals surface area contributed by atoms with Crippen molar-refractivity contribution in [1.82, 2.24) is 4.90 Å². The lowest BCUT2D eigenvalue weighted by atomic mass is 10.1. The predicted molar refractivity (Wildman–Crippen MR) is 73.0 cm³/mol. The average molecular weight is 281 g/mol. The Morgan fingerprint density at radius 1 is 1.40 bits per heavy atom. The number of carboxylic acids is 1. The number of para-hydroxylation sites is 1. The normalized spacial score (nSPS) is 11.8. The number of aliphatic carboxylic acids is 1. The van der Waals surface area contributed by atoms with Gasteiger partial charge in [-0.1, -0.05) is 13.0 Å². The van der Waals surface area contributed by atoms with Crippen molar-refractivity contribution in [1.29, 1.82) is 0 Å². The summed E-state index contributed by atoms with van der Waals surface area (Å²) < 4.78 is 4.95. The summed E-state index contributed by atoms with van der Waals surface area (Å²) in [5.74, 6) is -2.09. The van der Waals surface area contributed by atoms with Gasteiger partial charge >= 0.3 is 5.97 Å². The molecule has 1 unspecified atom stereocenters. The van der Waals surface area contributed by atoms with Crippen LogP contribution >= 0.6 is 0 Å². The second kappa shape index (κ2) is 6.79. The van der Waals surface area contributed by atoms with Crippen molar-refractivity contribution in [3.05, 3.63) is 23.8 Å². The standard InChI is InChI=1S/C14H19NO5/c1-4-15(8-9(2)14(18)19)13(17)10-6-5-7-11(20-3)12(10)16/h5-7,9,16H,4,8H2,1-3H3,(H,18,19). The van der Waals surface area contributed by atoms with Crippen molar-refractivity contribution in [3.8, 4) is 11.5 Å². The van der Waals surface area contributed by atoms with Crippen LogP contribution in [-0.2, 0) is 4.79 Å². The first kappa shape index (κ1) is 15.8. The minimum atomic E-state index is -0.967. The van der Waals surface area contributed by atoms with E-state index in [4.69, 9.17) is 9.84 Å². The molecule has 1 rings (SSSR count). The molecule has 0 heterocycles. The van der Waals surface area contributed by atoms with Crippen molar-refractivity contribution < 1.29 is 24.5 Å². The molecule has 0 bridgehead atoms. The molecule has 0 spiro atoms. The van der Waals surface area contributed by atoms with Gasteiger partial charge in [0.2, 0.25) is 0 Å². The van der Waals surface area contributed by atoms with E-state index < -0.39 is 17.8 Å². The Kier molecular flexibility index (Phi) is 5.37. The van der Waals surface area contributed by atoms with E-state index in [1.54, 1.807) is 19.1 Å². The van der Waals surface area contributed by atoms with Gasteiger partial charge in [-0.15, -0.1) is 0 Å². The molecule has 6 heteroatoms. The first-order valence-corrected chi connectivity index (χ1v) is 6.30. The van der Waals surface area contributed by atoms with Gasteiger partial charge in [0.05, 0.1) is 18.6 Å². The van der Waals surface area contributed by atoms with Crippen LogP contribution in [0, 0.1) is 5.92 Å². The summed E-state index contributed by atoms with van der Waals surface area (Å²) in [5.41, 5.74) is 0.101. The molecular weight excluding hydrogens is 262 g/mol. The van der Waals surface area contributed by atoms with Gasteiger partial charge < -0.3 is 19.8 Å². The number of phenols is 1. The van der Waals surface area contributed by atoms with Crippen LogP contribution in [0.15, 0.2) is 18.2 Å². The number of amides is 1. The highest BCUT2D eigenvalue weighted by molar-refractivity contribution is 5.97. The second-order valence-electron chi connectivity index (χ2n) is 4.44. The zero-order valence-corrected chi connectivity index (χ0v) is 11.8. The smallest absolute Gasteiger partial charge is 0.308 e. The first-order chi connectivity index (χ1) is 9.42. The molecule has 0 aliphatic carbocycles. The van der Waals surface area contributed by atoms with Crippen LogP contribution in [0.5, 0.6) is 11.5 Å². The van der Waals surface area contributed by atoms with E-state index >= 15 is 0 Å². The highest BCUT2D eigenvalue weighted by atomic mass is 16.5. The van der Waals surface area contributed by atoms with E-state index in [1.165, 1.54) is 25.0 Å². The zero-order valence-electron chi connectivity index (χ0n) is 11.8. The summed E-state index contributed by atoms with van der Waals surface area (Å²) in [6.07, 6.45) is 0. The van der Waals surface area contributed by atoms with E-state index in [2.05, 4.69) is 0 Å². The van der Waals surface area contributed by atoms with Crippen molar-refractivity contribution in [2.24, 2.45) is 5.92 Å². The van der Waals surface area contributed by atoms with E-state index in [0.29, 0.717) is 6.54 Å². The summed E-state index contributed by atoms with van der Waals surface area (Å²) in [4.78, 5) is 24.6. The third-order valence-electron chi connectivity index (χ3n) is 3.03. The molecule has 2 N–H and O–H groups in total. The second-order valence-corrected chi connectivity index (χ2v) is 4.44. The van der Waals surface area contributed by atoms with Crippen LogP contribution in [0.4, 0.5) is 0 Å². The van der Waals surface area contributed by atoms with Gasteiger partial charge in [-0.05, 0) is 19.1 Å². The Balaban J connectivity index is 3.00. The summed E-state index contributed by atoms with van der Waals surface area (Å²) >= 11 is 0. The molecule has 0 fully saturated rings. The summed E-state index contributed by atoms with van der Waals surface area (Å²) in [7, 11) is 1.40. The molecule has 0 aliphatic heterocycles. The van der Waals surface area contributed by atoms with Crippen molar-refractivity contribution in [2.45, 2.75) is 13.8 Å². The van der Waals surface area contributed by atoms with Crippen LogP contribution in [0.2, 0.25) is 0 Å². The van der Waals surface area contributed by atoms with Crippen LogP contribution in [0.25, 0.3) is 0 Å². The third-order valence-corrected chi connectivity index (χ3v) is 3.03. The maximum Gasteiger partial charge on any atom is 0.308 e. The van der Waals surface area contributed by atoms with E-state index in [-0.39, 0.29) is 23.6 Å². The Hall–Kier alpha value is -2.24. The highest BCUT2D eigenvalue weighted by Gasteiger charge is 2.23. The average Bonchev–Trinajstić information content (AvgIpc) is 2.43. The molecule has 1 amide bonds. The Morgan fingerprint density at radius 2 is 2.05 bits per heavy atom. The fourth-order valence-electron chi connectivity index (χ4n) is 1.79. The Bertz CT molecular complexity index is 500. The minimum absolute atomic E-state index is 0.0846. The van der Waals surface area contributed by atoms with Crippen molar-refractivity contribution >= 4 is 11.9 Å². The lowest BCUT2D eigenvalue weighted by molar-refractivity contribution is -0.141. The molecule has 110 valence electrons. The van der Waals surface area contributed by atoms with Gasteiger partial charge in [-0.3, -0.25) is 9.59 Å². The number of carbonyl (C=O) groups is 2. The quantitative estimate of drug-likeness (QED) is 0.826. The highest BCUT2D eigenvalue weighted by Crippen LogP contribution is 2.30. The summed E-state index contributed by atoms with van der Waals surface area (Å²) in [6.45, 7) is 3.72. The monoisotopic (exact) mass is 281 g/mol. The number of benzene rings is 1. The Morgan fingerprint density at radius 3 is 2.55 bits per heavy atom. The largest absolute Gasteiger partial charge is 0.504 e. The summed E-state index contributed by atoms with van der Waals surface area (Å²) in [5, 5.41) is 18.9. The fraction of sp³-hybridized carbons (Fsp3) is 0.429. The van der Waals surface area contributed by atoms with E-state index in [0.717, 1.165) is 0 Å². The zero-order chi connectivity index (χ0) is 15.3. The maximum atomic E-state index is 12.3. The molecule has 20 heavy (non-hydrogen) atoms. The Labute approximate surface area is 117 Å². The molecule has 1 atom stereocenters. The van der Waals surface area contributed by atoms with Crippen LogP contribution < -0.4 is 4.74 Å². The lowest BCUT2D eigenvalue weighted by Gasteiger charge is -2.23. The summed E-state index contributed by atoms with van der Waals surface area (Å²) in [6, 6.07) is 4.62. The predicted octanol–water partition coefficient (Wildman–Crippen LogP) is 1.58. The van der Waals surface area contributed by atoms with Crippen molar-refractivity contribution in [2.75, 3.05) is 20.2 Å². The molecule has 0 radical (unpaired) electrons. The number of hydrogen-bond acceptors (Lipinski definition) is 4. The van der Waals surface area contributed by atoms with Gasteiger partial charge in [-0.2, -0.15) is 0 Å². The maximum absolute atomic E-state index is 12.3.